The molecule has 0 saturated carbocycles. The van der Waals surface area contributed by atoms with Gasteiger partial charge >= 0.3 is 0 Å². The molecule has 1 unspecified atom stereocenters. The van der Waals surface area contributed by atoms with E-state index in [0.29, 0.717) is 17.0 Å². The van der Waals surface area contributed by atoms with Crippen molar-refractivity contribution in [2.75, 3.05) is 18.0 Å². The minimum atomic E-state index is -0.0209. The average molecular weight is 249 g/mol. The fourth-order valence-electron chi connectivity index (χ4n) is 2.49. The number of rotatable bonds is 2. The van der Waals surface area contributed by atoms with E-state index >= 15 is 0 Å². The molecule has 0 spiro atoms. The molecule has 1 aromatic rings. The Morgan fingerprint density at radius 1 is 1.39 bits per heavy atom. The standard InChI is InChI=1S/C14H23N3O/c1-10-7-12(9-18)16-13(15-10)17-6-5-11(8-17)14(2,3)4/h7,11,18H,5-6,8-9H2,1-4H3. The second-order valence-electron chi connectivity index (χ2n) is 6.26. The van der Waals surface area contributed by atoms with Gasteiger partial charge in [-0.25, -0.2) is 9.97 Å². The molecule has 0 aromatic carbocycles. The number of aromatic nitrogens is 2. The van der Waals surface area contributed by atoms with Crippen LogP contribution in [0.15, 0.2) is 6.07 Å². The largest absolute Gasteiger partial charge is 0.390 e. The number of anilines is 1. The number of hydrogen-bond acceptors (Lipinski definition) is 4. The summed E-state index contributed by atoms with van der Waals surface area (Å²) >= 11 is 0. The van der Waals surface area contributed by atoms with Crippen molar-refractivity contribution >= 4 is 5.95 Å². The maximum absolute atomic E-state index is 9.20. The Balaban J connectivity index is 2.16. The van der Waals surface area contributed by atoms with Gasteiger partial charge in [-0.05, 0) is 30.7 Å². The summed E-state index contributed by atoms with van der Waals surface area (Å²) in [5.41, 5.74) is 1.96. The van der Waals surface area contributed by atoms with Crippen LogP contribution in [-0.4, -0.2) is 28.2 Å². The zero-order chi connectivity index (χ0) is 13.3. The van der Waals surface area contributed by atoms with Gasteiger partial charge in [0.2, 0.25) is 5.95 Å². The van der Waals surface area contributed by atoms with Crippen molar-refractivity contribution in [1.29, 1.82) is 0 Å². The molecule has 1 atom stereocenters. The van der Waals surface area contributed by atoms with E-state index in [1.54, 1.807) is 0 Å². The van der Waals surface area contributed by atoms with Crippen LogP contribution in [0.1, 0.15) is 38.6 Å². The summed E-state index contributed by atoms with van der Waals surface area (Å²) in [5, 5.41) is 9.20. The molecule has 1 fully saturated rings. The zero-order valence-corrected chi connectivity index (χ0v) is 11.8. The van der Waals surface area contributed by atoms with Gasteiger partial charge in [0.05, 0.1) is 12.3 Å². The van der Waals surface area contributed by atoms with Gasteiger partial charge in [-0.1, -0.05) is 20.8 Å². The van der Waals surface area contributed by atoms with E-state index in [-0.39, 0.29) is 6.61 Å². The number of nitrogens with zero attached hydrogens (tertiary/aromatic N) is 3. The molecule has 1 aliphatic heterocycles. The van der Waals surface area contributed by atoms with Crippen LogP contribution in [0.4, 0.5) is 5.95 Å². The number of aryl methyl sites for hydroxylation is 1. The SMILES string of the molecule is Cc1cc(CO)nc(N2CCC(C(C)(C)C)C2)n1. The Labute approximate surface area is 109 Å². The predicted molar refractivity (Wildman–Crippen MR) is 72.5 cm³/mol. The Morgan fingerprint density at radius 2 is 2.11 bits per heavy atom. The molecule has 18 heavy (non-hydrogen) atoms. The van der Waals surface area contributed by atoms with Crippen LogP contribution in [0.2, 0.25) is 0 Å². The van der Waals surface area contributed by atoms with Crippen LogP contribution in [0.3, 0.4) is 0 Å². The third kappa shape index (κ3) is 2.80. The molecule has 0 amide bonds. The summed E-state index contributed by atoms with van der Waals surface area (Å²) in [7, 11) is 0. The highest BCUT2D eigenvalue weighted by Crippen LogP contribution is 2.34. The van der Waals surface area contributed by atoms with Crippen molar-refractivity contribution in [3.8, 4) is 0 Å². The first-order valence-electron chi connectivity index (χ1n) is 6.60. The lowest BCUT2D eigenvalue weighted by atomic mass is 9.80. The second kappa shape index (κ2) is 4.84. The molecule has 1 N–H and O–H groups in total. The van der Waals surface area contributed by atoms with E-state index in [1.807, 2.05) is 13.0 Å². The fourth-order valence-corrected chi connectivity index (χ4v) is 2.49. The molecule has 2 rings (SSSR count). The molecule has 1 saturated heterocycles. The first-order valence-corrected chi connectivity index (χ1v) is 6.60. The number of hydrogen-bond donors (Lipinski definition) is 1. The molecule has 0 radical (unpaired) electrons. The minimum Gasteiger partial charge on any atom is -0.390 e. The molecule has 0 aliphatic carbocycles. The third-order valence-corrected chi connectivity index (χ3v) is 3.75. The van der Waals surface area contributed by atoms with Crippen LogP contribution >= 0.6 is 0 Å². The molecule has 1 aliphatic rings. The van der Waals surface area contributed by atoms with Crippen molar-refractivity contribution < 1.29 is 5.11 Å². The van der Waals surface area contributed by atoms with E-state index < -0.39 is 0 Å². The van der Waals surface area contributed by atoms with Crippen LogP contribution in [0, 0.1) is 18.3 Å². The van der Waals surface area contributed by atoms with Gasteiger partial charge in [0.15, 0.2) is 0 Å². The van der Waals surface area contributed by atoms with Crippen molar-refractivity contribution in [3.63, 3.8) is 0 Å². The van der Waals surface area contributed by atoms with Crippen LogP contribution in [0.5, 0.6) is 0 Å². The third-order valence-electron chi connectivity index (χ3n) is 3.75. The minimum absolute atomic E-state index is 0.0209. The van der Waals surface area contributed by atoms with E-state index in [4.69, 9.17) is 0 Å². The summed E-state index contributed by atoms with van der Waals surface area (Å²) in [4.78, 5) is 11.1. The van der Waals surface area contributed by atoms with Gasteiger partial charge in [-0.2, -0.15) is 0 Å². The van der Waals surface area contributed by atoms with Gasteiger partial charge in [0.1, 0.15) is 0 Å². The van der Waals surface area contributed by atoms with Gasteiger partial charge < -0.3 is 10.0 Å². The van der Waals surface area contributed by atoms with E-state index in [1.165, 1.54) is 6.42 Å². The summed E-state index contributed by atoms with van der Waals surface area (Å²) < 4.78 is 0. The topological polar surface area (TPSA) is 49.3 Å². The normalized spacial score (nSPS) is 20.5. The van der Waals surface area contributed by atoms with Crippen molar-refractivity contribution in [1.82, 2.24) is 9.97 Å². The Bertz CT molecular complexity index is 426. The Kier molecular flexibility index (Phi) is 3.57. The highest BCUT2D eigenvalue weighted by atomic mass is 16.3. The van der Waals surface area contributed by atoms with E-state index in [0.717, 1.165) is 24.7 Å². The summed E-state index contributed by atoms with van der Waals surface area (Å²) in [6.07, 6.45) is 1.19. The Hall–Kier alpha value is -1.16. The molecule has 0 bridgehead atoms. The monoisotopic (exact) mass is 249 g/mol. The lowest BCUT2D eigenvalue weighted by molar-refractivity contribution is 0.263. The van der Waals surface area contributed by atoms with Crippen LogP contribution in [0.25, 0.3) is 0 Å². The molecule has 4 nitrogen and oxygen atoms in total. The first-order chi connectivity index (χ1) is 8.40. The highest BCUT2D eigenvalue weighted by Gasteiger charge is 2.32. The first kappa shape index (κ1) is 13.3. The highest BCUT2D eigenvalue weighted by molar-refractivity contribution is 5.34. The van der Waals surface area contributed by atoms with E-state index in [9.17, 15) is 5.11 Å². The summed E-state index contributed by atoms with van der Waals surface area (Å²) in [6, 6.07) is 1.83. The smallest absolute Gasteiger partial charge is 0.225 e. The van der Waals surface area contributed by atoms with Crippen LogP contribution in [-0.2, 0) is 6.61 Å². The van der Waals surface area contributed by atoms with Crippen molar-refractivity contribution in [2.24, 2.45) is 11.3 Å². The quantitative estimate of drug-likeness (QED) is 0.872. The lowest BCUT2D eigenvalue weighted by Crippen LogP contribution is -2.27. The molecular weight excluding hydrogens is 226 g/mol. The molecular formula is C14H23N3O. The average Bonchev–Trinajstić information content (AvgIpc) is 2.77. The maximum atomic E-state index is 9.20. The van der Waals surface area contributed by atoms with Crippen molar-refractivity contribution in [3.05, 3.63) is 17.5 Å². The second-order valence-corrected chi connectivity index (χ2v) is 6.26. The summed E-state index contributed by atoms with van der Waals surface area (Å²) in [6.45, 7) is 10.8. The van der Waals surface area contributed by atoms with Crippen molar-refractivity contribution in [2.45, 2.75) is 40.7 Å². The maximum Gasteiger partial charge on any atom is 0.225 e. The van der Waals surface area contributed by atoms with Gasteiger partial charge in [0.25, 0.3) is 0 Å². The lowest BCUT2D eigenvalue weighted by Gasteiger charge is -2.27. The van der Waals surface area contributed by atoms with E-state index in [2.05, 4.69) is 35.6 Å². The number of aliphatic hydroxyl groups is 1. The molecule has 1 aromatic heterocycles. The molecule has 2 heterocycles. The summed E-state index contributed by atoms with van der Waals surface area (Å²) in [5.74, 6) is 1.45. The zero-order valence-electron chi connectivity index (χ0n) is 11.8. The molecule has 4 heteroatoms. The predicted octanol–water partition coefficient (Wildman–Crippen LogP) is 2.15. The van der Waals surface area contributed by atoms with Crippen LogP contribution < -0.4 is 4.90 Å². The fraction of sp³-hybridized carbons (Fsp3) is 0.714. The number of aliphatic hydroxyl groups excluding tert-OH is 1. The van der Waals surface area contributed by atoms with Gasteiger partial charge in [0, 0.05) is 18.8 Å². The van der Waals surface area contributed by atoms with Gasteiger partial charge in [-0.15, -0.1) is 0 Å². The Morgan fingerprint density at radius 3 is 2.67 bits per heavy atom. The van der Waals surface area contributed by atoms with Gasteiger partial charge in [-0.3, -0.25) is 0 Å². The molecule has 100 valence electrons.